The molecule has 0 saturated heterocycles. The first-order valence-electron chi connectivity index (χ1n) is 3.95. The van der Waals surface area contributed by atoms with Gasteiger partial charge >= 0.3 is 0 Å². The third-order valence-electron chi connectivity index (χ3n) is 2.07. The lowest BCUT2D eigenvalue weighted by Crippen LogP contribution is -2.19. The normalized spacial score (nSPS) is 15.1. The Labute approximate surface area is 89.4 Å². The molecule has 1 heterocycles. The number of hydrogen-bond donors (Lipinski definition) is 1. The number of hydrogen-bond acceptors (Lipinski definition) is 1. The van der Waals surface area contributed by atoms with Crippen LogP contribution in [0.4, 0.5) is 5.69 Å². The largest absolute Gasteiger partial charge is 0.325 e. The third kappa shape index (κ3) is 1.58. The van der Waals surface area contributed by atoms with Crippen LogP contribution in [0.3, 0.4) is 0 Å². The first-order chi connectivity index (χ1) is 6.18. The fraction of sp³-hybridized carbons (Fsp3) is 0.222. The van der Waals surface area contributed by atoms with E-state index in [0.29, 0.717) is 11.4 Å². The summed E-state index contributed by atoms with van der Waals surface area (Å²) >= 11 is 9.33. The molecule has 0 radical (unpaired) electrons. The van der Waals surface area contributed by atoms with Crippen LogP contribution >= 0.6 is 27.5 Å². The number of halogens is 2. The Morgan fingerprint density at radius 2 is 2.15 bits per heavy atom. The number of carbonyl (C=O) groups is 1. The molecule has 1 amide bonds. The van der Waals surface area contributed by atoms with Gasteiger partial charge in [-0.05, 0) is 34.0 Å². The van der Waals surface area contributed by atoms with Crippen molar-refractivity contribution >= 4 is 39.1 Å². The van der Waals surface area contributed by atoms with E-state index in [9.17, 15) is 4.79 Å². The summed E-state index contributed by atoms with van der Waals surface area (Å²) in [5.41, 5.74) is 1.86. The molecule has 0 bridgehead atoms. The van der Waals surface area contributed by atoms with Crippen LogP contribution in [0.25, 0.3) is 0 Å². The first-order valence-corrected chi connectivity index (χ1v) is 5.12. The van der Waals surface area contributed by atoms with E-state index in [2.05, 4.69) is 21.2 Å². The van der Waals surface area contributed by atoms with Gasteiger partial charge in [0.05, 0.1) is 10.7 Å². The van der Waals surface area contributed by atoms with Gasteiger partial charge in [-0.15, -0.1) is 0 Å². The molecule has 1 aliphatic rings. The van der Waals surface area contributed by atoms with Crippen molar-refractivity contribution in [3.63, 3.8) is 0 Å². The number of carbonyl (C=O) groups excluding carboxylic acids is 1. The smallest absolute Gasteiger partial charge is 0.224 e. The molecule has 68 valence electrons. The number of fused-ring (bicyclic) bond motifs is 1. The Balaban J connectivity index is 2.54. The van der Waals surface area contributed by atoms with E-state index >= 15 is 0 Å². The van der Waals surface area contributed by atoms with Gasteiger partial charge in [0.25, 0.3) is 0 Å². The lowest BCUT2D eigenvalue weighted by molar-refractivity contribution is -0.116. The van der Waals surface area contributed by atoms with Crippen LogP contribution < -0.4 is 5.32 Å². The minimum absolute atomic E-state index is 0.0347. The van der Waals surface area contributed by atoms with E-state index in [-0.39, 0.29) is 5.91 Å². The summed E-state index contributed by atoms with van der Waals surface area (Å²) < 4.78 is 0.815. The summed E-state index contributed by atoms with van der Waals surface area (Å²) in [4.78, 5) is 11.1. The Kier molecular flexibility index (Phi) is 2.30. The van der Waals surface area contributed by atoms with Crippen molar-refractivity contribution < 1.29 is 4.79 Å². The molecule has 0 atom stereocenters. The van der Waals surface area contributed by atoms with Crippen molar-refractivity contribution in [2.24, 2.45) is 0 Å². The van der Waals surface area contributed by atoms with Crippen LogP contribution in [-0.2, 0) is 11.2 Å². The maximum atomic E-state index is 11.1. The number of anilines is 1. The van der Waals surface area contributed by atoms with Gasteiger partial charge < -0.3 is 5.32 Å². The molecule has 0 aromatic heterocycles. The molecular weight excluding hydrogens is 253 g/mol. The minimum atomic E-state index is 0.0347. The molecule has 0 fully saturated rings. The van der Waals surface area contributed by atoms with Crippen molar-refractivity contribution in [1.82, 2.24) is 0 Å². The van der Waals surface area contributed by atoms with Gasteiger partial charge in [0, 0.05) is 10.9 Å². The van der Waals surface area contributed by atoms with Crippen molar-refractivity contribution in [2.45, 2.75) is 12.8 Å². The molecule has 1 aromatic rings. The standard InChI is InChI=1S/C9H7BrClNO/c10-6-3-1-5-2-4-7(13)12-9(5)8(6)11/h1,3H,2,4H2,(H,12,13). The molecule has 0 saturated carbocycles. The van der Waals surface area contributed by atoms with Crippen molar-refractivity contribution in [3.05, 3.63) is 27.2 Å². The molecule has 1 aliphatic heterocycles. The van der Waals surface area contributed by atoms with Crippen molar-refractivity contribution in [2.75, 3.05) is 5.32 Å². The molecule has 1 aromatic carbocycles. The zero-order valence-electron chi connectivity index (χ0n) is 6.73. The lowest BCUT2D eigenvalue weighted by atomic mass is 10.0. The summed E-state index contributed by atoms with van der Waals surface area (Å²) in [7, 11) is 0. The van der Waals surface area contributed by atoms with E-state index in [0.717, 1.165) is 22.1 Å². The topological polar surface area (TPSA) is 29.1 Å². The van der Waals surface area contributed by atoms with Crippen LogP contribution in [0.5, 0.6) is 0 Å². The van der Waals surface area contributed by atoms with Crippen LogP contribution in [0.15, 0.2) is 16.6 Å². The van der Waals surface area contributed by atoms with Gasteiger partial charge in [-0.3, -0.25) is 4.79 Å². The highest BCUT2D eigenvalue weighted by atomic mass is 79.9. The average molecular weight is 261 g/mol. The fourth-order valence-electron chi connectivity index (χ4n) is 1.38. The van der Waals surface area contributed by atoms with E-state index in [1.807, 2.05) is 12.1 Å². The van der Waals surface area contributed by atoms with Gasteiger partial charge in [-0.25, -0.2) is 0 Å². The highest BCUT2D eigenvalue weighted by molar-refractivity contribution is 9.10. The third-order valence-corrected chi connectivity index (χ3v) is 3.35. The second kappa shape index (κ2) is 3.31. The van der Waals surface area contributed by atoms with Crippen LogP contribution in [0.1, 0.15) is 12.0 Å². The molecule has 13 heavy (non-hydrogen) atoms. The maximum absolute atomic E-state index is 11.1. The SMILES string of the molecule is O=C1CCc2ccc(Br)c(Cl)c2N1. The highest BCUT2D eigenvalue weighted by Crippen LogP contribution is 2.35. The summed E-state index contributed by atoms with van der Waals surface area (Å²) in [6.07, 6.45) is 1.32. The first kappa shape index (κ1) is 9.03. The fourth-order valence-corrected chi connectivity index (χ4v) is 1.95. The summed E-state index contributed by atoms with van der Waals surface area (Å²) in [5, 5.41) is 3.36. The number of nitrogens with one attached hydrogen (secondary N) is 1. The van der Waals surface area contributed by atoms with E-state index in [1.54, 1.807) is 0 Å². The van der Waals surface area contributed by atoms with Crippen LogP contribution in [0, 0.1) is 0 Å². The quantitative estimate of drug-likeness (QED) is 0.763. The van der Waals surface area contributed by atoms with E-state index in [4.69, 9.17) is 11.6 Å². The predicted octanol–water partition coefficient (Wildman–Crippen LogP) is 2.99. The molecule has 1 N–H and O–H groups in total. The Morgan fingerprint density at radius 1 is 1.38 bits per heavy atom. The van der Waals surface area contributed by atoms with Gasteiger partial charge in [-0.2, -0.15) is 0 Å². The molecular formula is C9H7BrClNO. The van der Waals surface area contributed by atoms with Gasteiger partial charge in [0.2, 0.25) is 5.91 Å². The van der Waals surface area contributed by atoms with Crippen molar-refractivity contribution in [1.29, 1.82) is 0 Å². The predicted molar refractivity (Wildman–Crippen MR) is 56.1 cm³/mol. The minimum Gasteiger partial charge on any atom is -0.325 e. The highest BCUT2D eigenvalue weighted by Gasteiger charge is 2.18. The molecule has 0 aliphatic carbocycles. The van der Waals surface area contributed by atoms with Crippen LogP contribution in [0.2, 0.25) is 5.02 Å². The molecule has 2 nitrogen and oxygen atoms in total. The number of benzene rings is 1. The van der Waals surface area contributed by atoms with Gasteiger partial charge in [0.1, 0.15) is 0 Å². The van der Waals surface area contributed by atoms with Gasteiger partial charge in [0.15, 0.2) is 0 Å². The second-order valence-electron chi connectivity index (χ2n) is 2.94. The molecule has 0 unspecified atom stereocenters. The second-order valence-corrected chi connectivity index (χ2v) is 4.18. The number of amides is 1. The molecule has 2 rings (SSSR count). The summed E-state index contributed by atoms with van der Waals surface area (Å²) in [6, 6.07) is 3.88. The van der Waals surface area contributed by atoms with Crippen molar-refractivity contribution in [3.8, 4) is 0 Å². The summed E-state index contributed by atoms with van der Waals surface area (Å²) in [5.74, 6) is 0.0347. The summed E-state index contributed by atoms with van der Waals surface area (Å²) in [6.45, 7) is 0. The maximum Gasteiger partial charge on any atom is 0.224 e. The number of aryl methyl sites for hydroxylation is 1. The van der Waals surface area contributed by atoms with E-state index < -0.39 is 0 Å². The number of rotatable bonds is 0. The molecule has 0 spiro atoms. The average Bonchev–Trinajstić information content (AvgIpc) is 2.12. The zero-order chi connectivity index (χ0) is 9.42. The Bertz CT molecular complexity index is 378. The van der Waals surface area contributed by atoms with Crippen LogP contribution in [-0.4, -0.2) is 5.91 Å². The molecule has 4 heteroatoms. The Morgan fingerprint density at radius 3 is 2.92 bits per heavy atom. The zero-order valence-corrected chi connectivity index (χ0v) is 9.08. The lowest BCUT2D eigenvalue weighted by Gasteiger charge is -2.18. The Hall–Kier alpha value is -0.540. The van der Waals surface area contributed by atoms with E-state index in [1.165, 1.54) is 0 Å². The monoisotopic (exact) mass is 259 g/mol. The van der Waals surface area contributed by atoms with Gasteiger partial charge in [-0.1, -0.05) is 17.7 Å².